The fraction of sp³-hybridized carbons (Fsp3) is 0.500. The molecule has 0 radical (unpaired) electrons. The van der Waals surface area contributed by atoms with Gasteiger partial charge in [-0.3, -0.25) is 4.79 Å². The number of anilines is 2. The Morgan fingerprint density at radius 2 is 2.17 bits per heavy atom. The lowest BCUT2D eigenvalue weighted by Gasteiger charge is -2.13. The summed E-state index contributed by atoms with van der Waals surface area (Å²) in [5.74, 6) is 0.0624. The standard InChI is InChI=1S/C14H23N3O/c1-4-17(3)9-5-6-14(18)16-13-8-7-12(15)10-11(13)2/h7-8,10H,4-6,9,15H2,1-3H3,(H,16,18). The van der Waals surface area contributed by atoms with Crippen molar-refractivity contribution in [3.8, 4) is 0 Å². The van der Waals surface area contributed by atoms with E-state index in [1.807, 2.05) is 19.1 Å². The molecule has 0 aliphatic heterocycles. The van der Waals surface area contributed by atoms with Gasteiger partial charge in [0.25, 0.3) is 0 Å². The molecule has 0 saturated heterocycles. The number of nitrogens with two attached hydrogens (primary N) is 1. The highest BCUT2D eigenvalue weighted by atomic mass is 16.1. The maximum absolute atomic E-state index is 11.8. The van der Waals surface area contributed by atoms with E-state index in [1.54, 1.807) is 6.07 Å². The second-order valence-corrected chi connectivity index (χ2v) is 4.62. The second kappa shape index (κ2) is 7.01. The van der Waals surface area contributed by atoms with Gasteiger partial charge in [-0.2, -0.15) is 0 Å². The molecule has 1 aromatic carbocycles. The molecule has 0 saturated carbocycles. The van der Waals surface area contributed by atoms with Crippen molar-refractivity contribution < 1.29 is 4.79 Å². The maximum atomic E-state index is 11.8. The van der Waals surface area contributed by atoms with Gasteiger partial charge in [0.15, 0.2) is 0 Å². The van der Waals surface area contributed by atoms with Crippen LogP contribution in [0, 0.1) is 6.92 Å². The smallest absolute Gasteiger partial charge is 0.224 e. The summed E-state index contributed by atoms with van der Waals surface area (Å²) in [6, 6.07) is 5.51. The molecule has 18 heavy (non-hydrogen) atoms. The highest BCUT2D eigenvalue weighted by Crippen LogP contribution is 2.17. The quantitative estimate of drug-likeness (QED) is 0.760. The van der Waals surface area contributed by atoms with Gasteiger partial charge in [0.1, 0.15) is 0 Å². The minimum Gasteiger partial charge on any atom is -0.399 e. The summed E-state index contributed by atoms with van der Waals surface area (Å²) in [5, 5.41) is 2.92. The zero-order chi connectivity index (χ0) is 13.5. The Morgan fingerprint density at radius 1 is 1.44 bits per heavy atom. The first-order valence-electron chi connectivity index (χ1n) is 6.37. The molecule has 0 spiro atoms. The predicted octanol–water partition coefficient (Wildman–Crippen LogP) is 2.25. The van der Waals surface area contributed by atoms with Crippen molar-refractivity contribution in [2.24, 2.45) is 0 Å². The van der Waals surface area contributed by atoms with Crippen LogP contribution in [0.1, 0.15) is 25.3 Å². The minimum atomic E-state index is 0.0624. The summed E-state index contributed by atoms with van der Waals surface area (Å²) < 4.78 is 0. The normalized spacial score (nSPS) is 10.7. The third-order valence-electron chi connectivity index (χ3n) is 3.01. The van der Waals surface area contributed by atoms with Crippen LogP contribution >= 0.6 is 0 Å². The lowest BCUT2D eigenvalue weighted by Crippen LogP contribution is -2.21. The molecule has 1 aromatic rings. The Morgan fingerprint density at radius 3 is 2.78 bits per heavy atom. The van der Waals surface area contributed by atoms with E-state index >= 15 is 0 Å². The molecule has 1 amide bonds. The number of carbonyl (C=O) groups is 1. The van der Waals surface area contributed by atoms with E-state index in [0.29, 0.717) is 6.42 Å². The first-order valence-corrected chi connectivity index (χ1v) is 6.37. The van der Waals surface area contributed by atoms with Crippen LogP contribution in [0.3, 0.4) is 0 Å². The van der Waals surface area contributed by atoms with Gasteiger partial charge in [0, 0.05) is 17.8 Å². The first kappa shape index (κ1) is 14.5. The largest absolute Gasteiger partial charge is 0.399 e. The Hall–Kier alpha value is -1.55. The van der Waals surface area contributed by atoms with Crippen LogP contribution in [0.2, 0.25) is 0 Å². The van der Waals surface area contributed by atoms with E-state index in [4.69, 9.17) is 5.73 Å². The number of nitrogens with zero attached hydrogens (tertiary/aromatic N) is 1. The molecule has 0 aliphatic rings. The number of hydrogen-bond donors (Lipinski definition) is 2. The highest BCUT2D eigenvalue weighted by Gasteiger charge is 2.05. The van der Waals surface area contributed by atoms with Crippen LogP contribution in [0.4, 0.5) is 11.4 Å². The van der Waals surface area contributed by atoms with E-state index in [1.165, 1.54) is 0 Å². The molecule has 0 heterocycles. The number of nitrogens with one attached hydrogen (secondary N) is 1. The monoisotopic (exact) mass is 249 g/mol. The van der Waals surface area contributed by atoms with Crippen molar-refractivity contribution >= 4 is 17.3 Å². The molecule has 100 valence electrons. The van der Waals surface area contributed by atoms with Gasteiger partial charge < -0.3 is 16.0 Å². The van der Waals surface area contributed by atoms with Crippen molar-refractivity contribution in [3.05, 3.63) is 23.8 Å². The summed E-state index contributed by atoms with van der Waals surface area (Å²) in [6.07, 6.45) is 1.43. The fourth-order valence-electron chi connectivity index (χ4n) is 1.71. The zero-order valence-corrected chi connectivity index (χ0v) is 11.5. The van der Waals surface area contributed by atoms with Gasteiger partial charge in [0.2, 0.25) is 5.91 Å². The van der Waals surface area contributed by atoms with Crippen molar-refractivity contribution in [1.82, 2.24) is 4.90 Å². The van der Waals surface area contributed by atoms with Crippen LogP contribution in [0.15, 0.2) is 18.2 Å². The average molecular weight is 249 g/mol. The van der Waals surface area contributed by atoms with E-state index in [2.05, 4.69) is 24.2 Å². The molecule has 0 bridgehead atoms. The Kier molecular flexibility index (Phi) is 5.65. The molecule has 3 N–H and O–H groups in total. The van der Waals surface area contributed by atoms with E-state index in [-0.39, 0.29) is 5.91 Å². The van der Waals surface area contributed by atoms with Crippen LogP contribution in [0.25, 0.3) is 0 Å². The van der Waals surface area contributed by atoms with Crippen LogP contribution in [-0.4, -0.2) is 30.9 Å². The third kappa shape index (κ3) is 4.75. The summed E-state index contributed by atoms with van der Waals surface area (Å²) in [6.45, 7) is 6.01. The summed E-state index contributed by atoms with van der Waals surface area (Å²) in [7, 11) is 2.06. The molecule has 0 fully saturated rings. The van der Waals surface area contributed by atoms with Crippen LogP contribution in [0.5, 0.6) is 0 Å². The lowest BCUT2D eigenvalue weighted by atomic mass is 10.1. The van der Waals surface area contributed by atoms with Gasteiger partial charge in [-0.15, -0.1) is 0 Å². The number of carbonyl (C=O) groups excluding carboxylic acids is 1. The number of rotatable bonds is 6. The van der Waals surface area contributed by atoms with Gasteiger partial charge >= 0.3 is 0 Å². The van der Waals surface area contributed by atoms with Gasteiger partial charge in [-0.25, -0.2) is 0 Å². The van der Waals surface area contributed by atoms with Gasteiger partial charge in [-0.1, -0.05) is 6.92 Å². The molecule has 0 atom stereocenters. The van der Waals surface area contributed by atoms with Crippen molar-refractivity contribution in [3.63, 3.8) is 0 Å². The zero-order valence-electron chi connectivity index (χ0n) is 11.5. The van der Waals surface area contributed by atoms with Gasteiger partial charge in [-0.05, 0) is 57.2 Å². The van der Waals surface area contributed by atoms with Crippen molar-refractivity contribution in [2.75, 3.05) is 31.2 Å². The minimum absolute atomic E-state index is 0.0624. The van der Waals surface area contributed by atoms with E-state index in [9.17, 15) is 4.79 Å². The summed E-state index contributed by atoms with van der Waals surface area (Å²) in [5.41, 5.74) is 8.23. The summed E-state index contributed by atoms with van der Waals surface area (Å²) >= 11 is 0. The molecule has 4 heteroatoms. The fourth-order valence-corrected chi connectivity index (χ4v) is 1.71. The first-order chi connectivity index (χ1) is 8.52. The molecule has 4 nitrogen and oxygen atoms in total. The number of benzene rings is 1. The number of amides is 1. The molecular formula is C14H23N3O. The molecule has 0 unspecified atom stereocenters. The van der Waals surface area contributed by atoms with E-state index in [0.717, 1.165) is 36.4 Å². The number of nitrogen functional groups attached to an aromatic ring is 1. The molecule has 1 rings (SSSR count). The van der Waals surface area contributed by atoms with Crippen LogP contribution in [-0.2, 0) is 4.79 Å². The molecule has 0 aromatic heterocycles. The SMILES string of the molecule is CCN(C)CCCC(=O)Nc1ccc(N)cc1C. The Labute approximate surface area is 109 Å². The molecule has 0 aliphatic carbocycles. The van der Waals surface area contributed by atoms with Crippen LogP contribution < -0.4 is 11.1 Å². The summed E-state index contributed by atoms with van der Waals surface area (Å²) in [4.78, 5) is 14.0. The van der Waals surface area contributed by atoms with Crippen molar-refractivity contribution in [2.45, 2.75) is 26.7 Å². The van der Waals surface area contributed by atoms with Gasteiger partial charge in [0.05, 0.1) is 0 Å². The lowest BCUT2D eigenvalue weighted by molar-refractivity contribution is -0.116. The van der Waals surface area contributed by atoms with Crippen molar-refractivity contribution in [1.29, 1.82) is 0 Å². The highest BCUT2D eigenvalue weighted by molar-refractivity contribution is 5.91. The Balaban J connectivity index is 2.40. The predicted molar refractivity (Wildman–Crippen MR) is 76.6 cm³/mol. The van der Waals surface area contributed by atoms with E-state index < -0.39 is 0 Å². The second-order valence-electron chi connectivity index (χ2n) is 4.62. The number of aryl methyl sites for hydroxylation is 1. The third-order valence-corrected chi connectivity index (χ3v) is 3.01. The average Bonchev–Trinajstić information content (AvgIpc) is 2.32. The molecular weight excluding hydrogens is 226 g/mol. The maximum Gasteiger partial charge on any atom is 0.224 e. The Bertz CT molecular complexity index is 404. The number of hydrogen-bond acceptors (Lipinski definition) is 3. The topological polar surface area (TPSA) is 58.4 Å².